The molecule has 0 aliphatic carbocycles. The van der Waals surface area contributed by atoms with Gasteiger partial charge < -0.3 is 20.3 Å². The zero-order chi connectivity index (χ0) is 26.9. The van der Waals surface area contributed by atoms with Crippen LogP contribution in [0.4, 0.5) is 16.3 Å². The number of likely N-dealkylation sites (tertiary alicyclic amines) is 1. The summed E-state index contributed by atoms with van der Waals surface area (Å²) in [6.07, 6.45) is 2.78. The fourth-order valence-electron chi connectivity index (χ4n) is 4.67. The molecule has 0 spiro atoms. The number of anilines is 1. The molecule has 0 radical (unpaired) electrons. The van der Waals surface area contributed by atoms with Crippen LogP contribution in [0.3, 0.4) is 0 Å². The van der Waals surface area contributed by atoms with Crippen LogP contribution >= 0.6 is 0 Å². The zero-order valence-electron chi connectivity index (χ0n) is 22.9. The van der Waals surface area contributed by atoms with Gasteiger partial charge in [0.2, 0.25) is 0 Å². The topological polar surface area (TPSA) is 101 Å². The fourth-order valence-corrected chi connectivity index (χ4v) is 4.67. The first-order valence-electron chi connectivity index (χ1n) is 12.9. The van der Waals surface area contributed by atoms with Gasteiger partial charge in [0.15, 0.2) is 5.82 Å². The van der Waals surface area contributed by atoms with E-state index in [2.05, 4.69) is 27.6 Å². The molecule has 2 N–H and O–H groups in total. The van der Waals surface area contributed by atoms with Gasteiger partial charge in [-0.15, -0.1) is 0 Å². The van der Waals surface area contributed by atoms with Crippen molar-refractivity contribution in [2.24, 2.45) is 18.0 Å². The van der Waals surface area contributed by atoms with Crippen LogP contribution in [0.5, 0.6) is 0 Å². The maximum atomic E-state index is 12.9. The predicted molar refractivity (Wildman–Crippen MR) is 146 cm³/mol. The van der Waals surface area contributed by atoms with Crippen molar-refractivity contribution < 1.29 is 14.3 Å². The zero-order valence-corrected chi connectivity index (χ0v) is 22.9. The largest absolute Gasteiger partial charge is 0.369 e. The van der Waals surface area contributed by atoms with Crippen LogP contribution in [0.15, 0.2) is 35.3 Å². The summed E-state index contributed by atoms with van der Waals surface area (Å²) < 4.78 is 7.69. The van der Waals surface area contributed by atoms with Crippen molar-refractivity contribution in [2.45, 2.75) is 59.7 Å². The molecule has 1 atom stereocenters. The highest BCUT2D eigenvalue weighted by molar-refractivity contribution is 6.45. The number of hydrogen-bond donors (Lipinski definition) is 2. The molecular weight excluding hydrogens is 468 g/mol. The van der Waals surface area contributed by atoms with E-state index < -0.39 is 0 Å². The average molecular weight is 507 g/mol. The van der Waals surface area contributed by atoms with Gasteiger partial charge in [0.05, 0.1) is 24.8 Å². The number of aromatic nitrogens is 2. The Labute approximate surface area is 219 Å². The highest BCUT2D eigenvalue weighted by Crippen LogP contribution is 2.33. The summed E-state index contributed by atoms with van der Waals surface area (Å²) >= 11 is 0. The number of ether oxygens (including phenoxy) is 1. The molecule has 198 valence electrons. The van der Waals surface area contributed by atoms with Gasteiger partial charge in [-0.1, -0.05) is 19.1 Å². The number of carbonyl (C=O) groups excluding carboxylic acids is 2. The molecule has 2 aliphatic rings. The second-order valence-corrected chi connectivity index (χ2v) is 10.8. The van der Waals surface area contributed by atoms with Crippen molar-refractivity contribution in [1.82, 2.24) is 20.0 Å². The van der Waals surface area contributed by atoms with Crippen molar-refractivity contribution in [1.29, 1.82) is 0 Å². The maximum absolute atomic E-state index is 12.9. The first-order chi connectivity index (χ1) is 17.4. The number of aliphatic imine (C=N–C) groups is 1. The molecule has 3 amide bonds. The normalized spacial score (nSPS) is 19.8. The molecular formula is C28H38N6O3. The summed E-state index contributed by atoms with van der Waals surface area (Å²) in [5.41, 5.74) is 4.76. The molecule has 2 aliphatic heterocycles. The molecule has 1 unspecified atom stereocenters. The van der Waals surface area contributed by atoms with Gasteiger partial charge in [0, 0.05) is 37.0 Å². The average Bonchev–Trinajstić information content (AvgIpc) is 3.02. The first kappa shape index (κ1) is 26.6. The molecule has 1 fully saturated rings. The van der Waals surface area contributed by atoms with Crippen LogP contribution in [0.25, 0.3) is 5.57 Å². The predicted octanol–water partition coefficient (Wildman–Crippen LogP) is 4.38. The van der Waals surface area contributed by atoms with Crippen molar-refractivity contribution in [3.63, 3.8) is 0 Å². The maximum Gasteiger partial charge on any atom is 0.322 e. The minimum Gasteiger partial charge on any atom is -0.369 e. The van der Waals surface area contributed by atoms with E-state index in [-0.39, 0.29) is 29.6 Å². The van der Waals surface area contributed by atoms with Crippen LogP contribution in [0.1, 0.15) is 50.9 Å². The first-order valence-corrected chi connectivity index (χ1v) is 12.9. The van der Waals surface area contributed by atoms with Gasteiger partial charge in [-0.2, -0.15) is 5.10 Å². The van der Waals surface area contributed by atoms with Crippen LogP contribution in [-0.2, 0) is 16.6 Å². The minimum atomic E-state index is -0.228. The van der Waals surface area contributed by atoms with Crippen molar-refractivity contribution in [3.05, 3.63) is 47.2 Å². The third-order valence-electron chi connectivity index (χ3n) is 6.84. The SMILES string of the molecule is CCC1CNC(=O)C(=Nc2cc(C)n(C)n2)C=C1c1cccc(NC(=O)N2CC(OC(C)(C)C)C2)c1C. The lowest BCUT2D eigenvalue weighted by molar-refractivity contribution is -0.114. The lowest BCUT2D eigenvalue weighted by Gasteiger charge is -2.42. The van der Waals surface area contributed by atoms with Gasteiger partial charge in [0.25, 0.3) is 5.91 Å². The minimum absolute atomic E-state index is 0.0604. The molecule has 9 nitrogen and oxygen atoms in total. The van der Waals surface area contributed by atoms with Gasteiger partial charge >= 0.3 is 6.03 Å². The number of nitrogens with zero attached hydrogens (tertiary/aromatic N) is 4. The number of hydrogen-bond acceptors (Lipinski definition) is 5. The number of nitrogens with one attached hydrogen (secondary N) is 2. The van der Waals surface area contributed by atoms with E-state index in [0.29, 0.717) is 31.2 Å². The fraction of sp³-hybridized carbons (Fsp3) is 0.500. The van der Waals surface area contributed by atoms with Crippen LogP contribution in [-0.4, -0.2) is 63.7 Å². The Bertz CT molecular complexity index is 1230. The molecule has 1 aromatic heterocycles. The number of aryl methyl sites for hydroxylation is 2. The second-order valence-electron chi connectivity index (χ2n) is 10.8. The molecule has 9 heteroatoms. The number of amides is 3. The van der Waals surface area contributed by atoms with E-state index in [0.717, 1.165) is 34.5 Å². The Morgan fingerprint density at radius 1 is 1.27 bits per heavy atom. The standard InChI is InChI=1S/C28H38N6O3/c1-8-19-14-29-26(35)24(30-25-12-17(2)33(7)32-25)13-22(19)21-10-9-11-23(18(21)3)31-27(36)34-15-20(16-34)37-28(4,5)6/h9-13,19-20H,8,14-16H2,1-7H3,(H,29,35)(H,31,36). The van der Waals surface area contributed by atoms with Crippen LogP contribution in [0, 0.1) is 19.8 Å². The molecule has 0 saturated carbocycles. The molecule has 1 saturated heterocycles. The Morgan fingerprint density at radius 3 is 2.62 bits per heavy atom. The van der Waals surface area contributed by atoms with Crippen LogP contribution < -0.4 is 10.6 Å². The summed E-state index contributed by atoms with van der Waals surface area (Å²) in [5.74, 6) is 0.387. The summed E-state index contributed by atoms with van der Waals surface area (Å²) in [6.45, 7) is 13.8. The summed E-state index contributed by atoms with van der Waals surface area (Å²) in [6, 6.07) is 7.60. The summed E-state index contributed by atoms with van der Waals surface area (Å²) in [7, 11) is 1.85. The summed E-state index contributed by atoms with van der Waals surface area (Å²) in [4.78, 5) is 32.1. The third kappa shape index (κ3) is 6.10. The molecule has 1 aromatic carbocycles. The van der Waals surface area contributed by atoms with Crippen molar-refractivity contribution in [3.8, 4) is 0 Å². The molecule has 37 heavy (non-hydrogen) atoms. The lowest BCUT2D eigenvalue weighted by Crippen LogP contribution is -2.57. The summed E-state index contributed by atoms with van der Waals surface area (Å²) in [5, 5.41) is 10.5. The Morgan fingerprint density at radius 2 is 2.00 bits per heavy atom. The monoisotopic (exact) mass is 506 g/mol. The number of rotatable bonds is 5. The van der Waals surface area contributed by atoms with E-state index in [1.165, 1.54) is 0 Å². The third-order valence-corrected chi connectivity index (χ3v) is 6.84. The highest BCUT2D eigenvalue weighted by Gasteiger charge is 2.34. The quantitative estimate of drug-likeness (QED) is 0.628. The van der Waals surface area contributed by atoms with Gasteiger partial charge in [-0.05, 0) is 69.9 Å². The van der Waals surface area contributed by atoms with E-state index in [9.17, 15) is 9.59 Å². The van der Waals surface area contributed by atoms with Crippen LogP contribution in [0.2, 0.25) is 0 Å². The second kappa shape index (κ2) is 10.5. The highest BCUT2D eigenvalue weighted by atomic mass is 16.5. The van der Waals surface area contributed by atoms with E-state index >= 15 is 0 Å². The Kier molecular flexibility index (Phi) is 7.54. The van der Waals surface area contributed by atoms with E-state index in [4.69, 9.17) is 4.74 Å². The lowest BCUT2D eigenvalue weighted by atomic mass is 9.87. The van der Waals surface area contributed by atoms with Crippen molar-refractivity contribution >= 4 is 34.7 Å². The van der Waals surface area contributed by atoms with Crippen molar-refractivity contribution in [2.75, 3.05) is 25.0 Å². The molecule has 3 heterocycles. The van der Waals surface area contributed by atoms with Gasteiger partial charge in [0.1, 0.15) is 5.71 Å². The Hall–Kier alpha value is -3.46. The molecule has 0 bridgehead atoms. The van der Waals surface area contributed by atoms with E-state index in [1.807, 2.05) is 72.0 Å². The number of urea groups is 1. The molecule has 4 rings (SSSR count). The van der Waals surface area contributed by atoms with E-state index in [1.54, 1.807) is 9.58 Å². The Balaban J connectivity index is 1.60. The number of carbonyl (C=O) groups is 2. The van der Waals surface area contributed by atoms with Gasteiger partial charge in [-0.25, -0.2) is 9.79 Å². The van der Waals surface area contributed by atoms with Gasteiger partial charge in [-0.3, -0.25) is 9.48 Å². The smallest absolute Gasteiger partial charge is 0.322 e. The number of benzene rings is 1. The molecule has 2 aromatic rings.